The summed E-state index contributed by atoms with van der Waals surface area (Å²) in [5.74, 6) is 0.415. The minimum absolute atomic E-state index is 0.0703. The Morgan fingerprint density at radius 1 is 1.11 bits per heavy atom. The van der Waals surface area contributed by atoms with E-state index in [1.165, 1.54) is 23.5 Å². The number of piperidine rings is 1. The average Bonchev–Trinajstić information content (AvgIpc) is 2.73. The van der Waals surface area contributed by atoms with Crippen LogP contribution in [-0.2, 0) is 10.0 Å². The maximum absolute atomic E-state index is 12.7. The summed E-state index contributed by atoms with van der Waals surface area (Å²) in [6.45, 7) is 1.18. The summed E-state index contributed by atoms with van der Waals surface area (Å²) >= 11 is 6.08. The molecule has 0 saturated carbocycles. The van der Waals surface area contributed by atoms with E-state index in [1.54, 1.807) is 30.3 Å². The van der Waals surface area contributed by atoms with Gasteiger partial charge in [0.15, 0.2) is 5.78 Å². The smallest absolute Gasteiger partial charge is 0.243 e. The van der Waals surface area contributed by atoms with Crippen molar-refractivity contribution < 1.29 is 17.9 Å². The molecule has 3 rings (SSSR count). The molecular weight excluding hydrogens is 400 g/mol. The van der Waals surface area contributed by atoms with Gasteiger partial charge in [-0.05, 0) is 55.3 Å². The molecule has 2 aromatic carbocycles. The number of halogens is 1. The third-order valence-electron chi connectivity index (χ3n) is 4.73. The summed E-state index contributed by atoms with van der Waals surface area (Å²) < 4.78 is 32.0. The fourth-order valence-corrected chi connectivity index (χ4v) is 4.90. The van der Waals surface area contributed by atoms with Crippen molar-refractivity contribution in [1.29, 1.82) is 0 Å². The Morgan fingerprint density at radius 2 is 1.79 bits per heavy atom. The molecule has 6 nitrogen and oxygen atoms in total. The lowest BCUT2D eigenvalue weighted by atomic mass is 10.1. The van der Waals surface area contributed by atoms with Crippen LogP contribution in [0.4, 0.5) is 5.69 Å². The quantitative estimate of drug-likeness (QED) is 0.686. The molecule has 1 fully saturated rings. The molecule has 1 heterocycles. The maximum atomic E-state index is 12.7. The molecule has 0 radical (unpaired) electrons. The van der Waals surface area contributed by atoms with Gasteiger partial charge in [0.1, 0.15) is 5.75 Å². The summed E-state index contributed by atoms with van der Waals surface area (Å²) in [6, 6.07) is 11.3. The Bertz CT molecular complexity index is 939. The van der Waals surface area contributed by atoms with Gasteiger partial charge in [0.05, 0.1) is 23.6 Å². The van der Waals surface area contributed by atoms with E-state index in [-0.39, 0.29) is 17.2 Å². The molecule has 150 valence electrons. The highest BCUT2D eigenvalue weighted by Gasteiger charge is 2.25. The minimum Gasteiger partial charge on any atom is -0.495 e. The first-order chi connectivity index (χ1) is 13.4. The predicted octanol–water partition coefficient (Wildman–Crippen LogP) is 3.82. The molecule has 0 aromatic heterocycles. The number of nitrogens with zero attached hydrogens (tertiary/aromatic N) is 1. The van der Waals surface area contributed by atoms with Crippen LogP contribution in [0.1, 0.15) is 29.6 Å². The summed E-state index contributed by atoms with van der Waals surface area (Å²) in [5.41, 5.74) is 1.15. The number of nitrogens with one attached hydrogen (secondary N) is 1. The Morgan fingerprint density at radius 3 is 2.39 bits per heavy atom. The van der Waals surface area contributed by atoms with E-state index in [1.807, 2.05) is 0 Å². The number of methoxy groups -OCH3 is 1. The molecule has 0 spiro atoms. The lowest BCUT2D eigenvalue weighted by molar-refractivity contribution is 0.101. The summed E-state index contributed by atoms with van der Waals surface area (Å²) in [5, 5.41) is 3.47. The summed E-state index contributed by atoms with van der Waals surface area (Å²) in [4.78, 5) is 12.6. The van der Waals surface area contributed by atoms with Gasteiger partial charge in [0.2, 0.25) is 10.0 Å². The minimum atomic E-state index is -3.49. The number of anilines is 1. The molecule has 1 saturated heterocycles. The second-order valence-corrected chi connectivity index (χ2v) is 8.96. The van der Waals surface area contributed by atoms with E-state index in [9.17, 15) is 13.2 Å². The summed E-state index contributed by atoms with van der Waals surface area (Å²) in [6.07, 6.45) is 2.83. The number of sulfonamides is 1. The Kier molecular flexibility index (Phi) is 6.59. The fraction of sp³-hybridized carbons (Fsp3) is 0.350. The molecule has 28 heavy (non-hydrogen) atoms. The highest BCUT2D eigenvalue weighted by molar-refractivity contribution is 7.89. The van der Waals surface area contributed by atoms with Gasteiger partial charge in [-0.2, -0.15) is 4.31 Å². The van der Waals surface area contributed by atoms with Gasteiger partial charge in [-0.15, -0.1) is 0 Å². The van der Waals surface area contributed by atoms with Crippen molar-refractivity contribution in [1.82, 2.24) is 4.31 Å². The number of carbonyl (C=O) groups is 1. The number of rotatable bonds is 7. The number of carbonyl (C=O) groups excluding carboxylic acids is 1. The lowest BCUT2D eigenvalue weighted by Crippen LogP contribution is -2.35. The van der Waals surface area contributed by atoms with Crippen LogP contribution in [0.2, 0.25) is 5.02 Å². The first kappa shape index (κ1) is 20.6. The lowest BCUT2D eigenvalue weighted by Gasteiger charge is -2.25. The van der Waals surface area contributed by atoms with Gasteiger partial charge in [-0.25, -0.2) is 8.42 Å². The molecular formula is C20H23ClN2O4S. The monoisotopic (exact) mass is 422 g/mol. The van der Waals surface area contributed by atoms with Gasteiger partial charge in [0.25, 0.3) is 0 Å². The number of hydrogen-bond donors (Lipinski definition) is 1. The zero-order chi connectivity index (χ0) is 20.1. The molecule has 0 aliphatic carbocycles. The molecule has 2 aromatic rings. The average molecular weight is 423 g/mol. The van der Waals surface area contributed by atoms with Gasteiger partial charge < -0.3 is 10.1 Å². The highest BCUT2D eigenvalue weighted by atomic mass is 35.5. The van der Waals surface area contributed by atoms with Crippen LogP contribution in [0.15, 0.2) is 47.4 Å². The fourth-order valence-electron chi connectivity index (χ4n) is 3.13. The standard InChI is InChI=1S/C20H23ClN2O4S/c1-27-20-10-7-16(13-18(20)21)22-14-19(24)15-5-8-17(9-6-15)28(25,26)23-11-3-2-4-12-23/h5-10,13,22H,2-4,11-12,14H2,1H3. The topological polar surface area (TPSA) is 75.7 Å². The van der Waals surface area contributed by atoms with Crippen LogP contribution in [0.3, 0.4) is 0 Å². The highest BCUT2D eigenvalue weighted by Crippen LogP contribution is 2.27. The summed E-state index contributed by atoms with van der Waals surface area (Å²) in [7, 11) is -1.96. The maximum Gasteiger partial charge on any atom is 0.243 e. The van der Waals surface area contributed by atoms with Gasteiger partial charge in [0, 0.05) is 24.3 Å². The Labute approximate surface area is 170 Å². The van der Waals surface area contributed by atoms with Crippen LogP contribution >= 0.6 is 11.6 Å². The normalized spacial score (nSPS) is 15.2. The van der Waals surface area contributed by atoms with Gasteiger partial charge in [-0.1, -0.05) is 18.0 Å². The molecule has 1 aliphatic rings. The van der Waals surface area contributed by atoms with E-state index >= 15 is 0 Å². The van der Waals surface area contributed by atoms with Crippen molar-refractivity contribution in [3.63, 3.8) is 0 Å². The van der Waals surface area contributed by atoms with E-state index < -0.39 is 10.0 Å². The largest absolute Gasteiger partial charge is 0.495 e. The molecule has 0 amide bonds. The SMILES string of the molecule is COc1ccc(NCC(=O)c2ccc(S(=O)(=O)N3CCCCC3)cc2)cc1Cl. The first-order valence-corrected chi connectivity index (χ1v) is 10.9. The zero-order valence-corrected chi connectivity index (χ0v) is 17.2. The number of ketones is 1. The van der Waals surface area contributed by atoms with E-state index in [4.69, 9.17) is 16.3 Å². The van der Waals surface area contributed by atoms with E-state index in [0.29, 0.717) is 35.1 Å². The molecule has 0 atom stereocenters. The van der Waals surface area contributed by atoms with E-state index in [2.05, 4.69) is 5.32 Å². The van der Waals surface area contributed by atoms with Crippen molar-refractivity contribution in [2.45, 2.75) is 24.2 Å². The Balaban J connectivity index is 1.64. The second-order valence-electron chi connectivity index (χ2n) is 6.62. The molecule has 0 bridgehead atoms. The number of ether oxygens (including phenoxy) is 1. The van der Waals surface area contributed by atoms with Crippen molar-refractivity contribution in [2.75, 3.05) is 32.1 Å². The van der Waals surface area contributed by atoms with Crippen LogP contribution in [0, 0.1) is 0 Å². The van der Waals surface area contributed by atoms with Crippen molar-refractivity contribution in [3.8, 4) is 5.75 Å². The van der Waals surface area contributed by atoms with Crippen molar-refractivity contribution >= 4 is 33.1 Å². The third kappa shape index (κ3) is 4.66. The first-order valence-electron chi connectivity index (χ1n) is 9.12. The number of Topliss-reactive ketones (excluding diaryl/α,β-unsaturated/α-hetero) is 1. The molecule has 0 unspecified atom stereocenters. The van der Waals surface area contributed by atoms with Gasteiger partial charge >= 0.3 is 0 Å². The molecule has 8 heteroatoms. The number of hydrogen-bond acceptors (Lipinski definition) is 5. The van der Waals surface area contributed by atoms with E-state index in [0.717, 1.165) is 19.3 Å². The van der Waals surface area contributed by atoms with Crippen molar-refractivity contribution in [3.05, 3.63) is 53.1 Å². The van der Waals surface area contributed by atoms with Crippen LogP contribution < -0.4 is 10.1 Å². The third-order valence-corrected chi connectivity index (χ3v) is 6.94. The van der Waals surface area contributed by atoms with Crippen LogP contribution in [-0.4, -0.2) is 45.3 Å². The molecule has 1 N–H and O–H groups in total. The van der Waals surface area contributed by atoms with Gasteiger partial charge in [-0.3, -0.25) is 4.79 Å². The predicted molar refractivity (Wildman–Crippen MR) is 110 cm³/mol. The second kappa shape index (κ2) is 8.94. The van der Waals surface area contributed by atoms with Crippen molar-refractivity contribution in [2.24, 2.45) is 0 Å². The van der Waals surface area contributed by atoms with Crippen LogP contribution in [0.5, 0.6) is 5.75 Å². The Hall–Kier alpha value is -2.09. The zero-order valence-electron chi connectivity index (χ0n) is 15.7. The molecule has 1 aliphatic heterocycles. The van der Waals surface area contributed by atoms with Crippen LogP contribution in [0.25, 0.3) is 0 Å². The number of benzene rings is 2.